The van der Waals surface area contributed by atoms with Crippen LogP contribution in [0.5, 0.6) is 0 Å². The predicted octanol–water partition coefficient (Wildman–Crippen LogP) is 2.68. The summed E-state index contributed by atoms with van der Waals surface area (Å²) in [6.45, 7) is 4.91. The molecule has 0 unspecified atom stereocenters. The number of methoxy groups -OCH3 is 1. The van der Waals surface area contributed by atoms with E-state index in [1.165, 1.54) is 5.69 Å². The maximum absolute atomic E-state index is 12.3. The summed E-state index contributed by atoms with van der Waals surface area (Å²) in [5.74, 6) is -0.296. The summed E-state index contributed by atoms with van der Waals surface area (Å²) in [5.41, 5.74) is 1.83. The minimum atomic E-state index is -0.296. The highest BCUT2D eigenvalue weighted by Crippen LogP contribution is 2.16. The smallest absolute Gasteiger partial charge is 0.338 e. The molecule has 5 nitrogen and oxygen atoms in total. The van der Waals surface area contributed by atoms with Crippen molar-refractivity contribution in [2.75, 3.05) is 51.3 Å². The van der Waals surface area contributed by atoms with Crippen LogP contribution in [0.4, 0.5) is 5.69 Å². The second kappa shape index (κ2) is 9.36. The highest BCUT2D eigenvalue weighted by Gasteiger charge is 2.23. The zero-order chi connectivity index (χ0) is 18.2. The third-order valence-electron chi connectivity index (χ3n) is 4.59. The Kier molecular flexibility index (Phi) is 6.63. The Bertz CT molecular complexity index is 670. The summed E-state index contributed by atoms with van der Waals surface area (Å²) in [5, 5.41) is 0. The number of carbonyl (C=O) groups is 1. The van der Waals surface area contributed by atoms with Gasteiger partial charge in [-0.2, -0.15) is 0 Å². The molecule has 0 saturated carbocycles. The predicted molar refractivity (Wildman–Crippen MR) is 103 cm³/mol. The minimum absolute atomic E-state index is 0.268. The van der Waals surface area contributed by atoms with Gasteiger partial charge in [0.15, 0.2) is 0 Å². The molecule has 0 aliphatic carbocycles. The lowest BCUT2D eigenvalue weighted by Crippen LogP contribution is -2.49. The van der Waals surface area contributed by atoms with Crippen molar-refractivity contribution in [3.63, 3.8) is 0 Å². The average molecular weight is 354 g/mol. The summed E-state index contributed by atoms with van der Waals surface area (Å²) < 4.78 is 10.9. The van der Waals surface area contributed by atoms with Gasteiger partial charge >= 0.3 is 5.97 Å². The molecule has 0 bridgehead atoms. The Morgan fingerprint density at radius 2 is 1.58 bits per heavy atom. The molecular weight excluding hydrogens is 328 g/mol. The Labute approximate surface area is 155 Å². The Morgan fingerprint density at radius 1 is 0.962 bits per heavy atom. The van der Waals surface area contributed by atoms with E-state index in [-0.39, 0.29) is 12.1 Å². The molecule has 0 amide bonds. The first-order chi connectivity index (χ1) is 12.8. The van der Waals surface area contributed by atoms with Gasteiger partial charge in [0.1, 0.15) is 6.10 Å². The topological polar surface area (TPSA) is 42.0 Å². The molecule has 3 rings (SSSR count). The van der Waals surface area contributed by atoms with E-state index < -0.39 is 0 Å². The number of hydrogen-bond acceptors (Lipinski definition) is 5. The van der Waals surface area contributed by atoms with Crippen molar-refractivity contribution >= 4 is 11.7 Å². The lowest BCUT2D eigenvalue weighted by Gasteiger charge is -2.37. The van der Waals surface area contributed by atoms with Gasteiger partial charge in [-0.05, 0) is 24.3 Å². The lowest BCUT2D eigenvalue weighted by atomic mass is 10.2. The van der Waals surface area contributed by atoms with Gasteiger partial charge in [0.25, 0.3) is 0 Å². The number of esters is 1. The van der Waals surface area contributed by atoms with E-state index >= 15 is 0 Å². The first-order valence-corrected chi connectivity index (χ1v) is 9.03. The molecular formula is C21H26N2O3. The molecule has 0 radical (unpaired) electrons. The van der Waals surface area contributed by atoms with Crippen LogP contribution in [0.15, 0.2) is 60.7 Å². The van der Waals surface area contributed by atoms with Crippen molar-refractivity contribution in [1.82, 2.24) is 4.90 Å². The molecule has 0 spiro atoms. The third-order valence-corrected chi connectivity index (χ3v) is 4.59. The van der Waals surface area contributed by atoms with E-state index in [1.54, 1.807) is 19.2 Å². The number of piperazine rings is 1. The maximum Gasteiger partial charge on any atom is 0.338 e. The van der Waals surface area contributed by atoms with Crippen molar-refractivity contribution in [2.45, 2.75) is 6.10 Å². The number of nitrogens with zero attached hydrogens (tertiary/aromatic N) is 2. The Balaban J connectivity index is 1.51. The molecule has 0 aromatic heterocycles. The first-order valence-electron chi connectivity index (χ1n) is 9.03. The highest BCUT2D eigenvalue weighted by atomic mass is 16.6. The van der Waals surface area contributed by atoms with Gasteiger partial charge in [-0.25, -0.2) is 4.79 Å². The zero-order valence-corrected chi connectivity index (χ0v) is 15.2. The summed E-state index contributed by atoms with van der Waals surface area (Å²) >= 11 is 0. The van der Waals surface area contributed by atoms with Crippen LogP contribution in [0.3, 0.4) is 0 Å². The zero-order valence-electron chi connectivity index (χ0n) is 15.2. The largest absolute Gasteiger partial charge is 0.455 e. The third kappa shape index (κ3) is 5.07. The van der Waals surface area contributed by atoms with Crippen molar-refractivity contribution in [3.05, 3.63) is 66.2 Å². The maximum atomic E-state index is 12.3. The summed E-state index contributed by atoms with van der Waals surface area (Å²) in [6.07, 6.45) is -0.268. The van der Waals surface area contributed by atoms with Crippen LogP contribution in [-0.2, 0) is 9.47 Å². The van der Waals surface area contributed by atoms with E-state index in [4.69, 9.17) is 9.47 Å². The molecule has 1 heterocycles. The first kappa shape index (κ1) is 18.4. The number of rotatable bonds is 7. The summed E-state index contributed by atoms with van der Waals surface area (Å²) in [6, 6.07) is 19.6. The Morgan fingerprint density at radius 3 is 2.19 bits per heavy atom. The summed E-state index contributed by atoms with van der Waals surface area (Å²) in [7, 11) is 1.64. The van der Waals surface area contributed by atoms with Gasteiger partial charge in [0, 0.05) is 45.5 Å². The van der Waals surface area contributed by atoms with E-state index in [1.807, 2.05) is 24.3 Å². The fourth-order valence-corrected chi connectivity index (χ4v) is 3.22. The van der Waals surface area contributed by atoms with Crippen molar-refractivity contribution < 1.29 is 14.3 Å². The fourth-order valence-electron chi connectivity index (χ4n) is 3.22. The molecule has 0 N–H and O–H groups in total. The molecule has 1 aliphatic rings. The molecule has 2 aromatic carbocycles. The summed E-state index contributed by atoms with van der Waals surface area (Å²) in [4.78, 5) is 17.0. The van der Waals surface area contributed by atoms with Crippen LogP contribution in [0.25, 0.3) is 0 Å². The van der Waals surface area contributed by atoms with Crippen LogP contribution < -0.4 is 4.90 Å². The van der Waals surface area contributed by atoms with Crippen LogP contribution in [0, 0.1) is 0 Å². The van der Waals surface area contributed by atoms with E-state index in [0.717, 1.165) is 26.2 Å². The van der Waals surface area contributed by atoms with Crippen molar-refractivity contribution in [3.8, 4) is 0 Å². The quantitative estimate of drug-likeness (QED) is 0.715. The number of carbonyl (C=O) groups excluding carboxylic acids is 1. The van der Waals surface area contributed by atoms with E-state index in [0.29, 0.717) is 18.7 Å². The standard InChI is InChI=1S/C21H26N2O3/c1-25-17-20(26-21(24)18-8-4-2-5-9-18)16-22-12-14-23(15-13-22)19-10-6-3-7-11-19/h2-11,20H,12-17H2,1H3/t20-/m1/s1. The minimum Gasteiger partial charge on any atom is -0.455 e. The molecule has 1 saturated heterocycles. The highest BCUT2D eigenvalue weighted by molar-refractivity contribution is 5.89. The average Bonchev–Trinajstić information content (AvgIpc) is 2.70. The van der Waals surface area contributed by atoms with Gasteiger partial charge in [0.05, 0.1) is 12.2 Å². The van der Waals surface area contributed by atoms with Crippen LogP contribution in [-0.4, -0.2) is 63.4 Å². The molecule has 5 heteroatoms. The second-order valence-corrected chi connectivity index (χ2v) is 6.47. The fraction of sp³-hybridized carbons (Fsp3) is 0.381. The van der Waals surface area contributed by atoms with Crippen molar-refractivity contribution in [2.24, 2.45) is 0 Å². The number of benzene rings is 2. The van der Waals surface area contributed by atoms with Gasteiger partial charge < -0.3 is 14.4 Å². The van der Waals surface area contributed by atoms with Gasteiger partial charge in [-0.1, -0.05) is 36.4 Å². The SMILES string of the molecule is COC[C@@H](CN1CCN(c2ccccc2)CC1)OC(=O)c1ccccc1. The van der Waals surface area contributed by atoms with Gasteiger partial charge in [0.2, 0.25) is 0 Å². The van der Waals surface area contributed by atoms with Crippen LogP contribution in [0.1, 0.15) is 10.4 Å². The molecule has 26 heavy (non-hydrogen) atoms. The molecule has 138 valence electrons. The molecule has 2 aromatic rings. The second-order valence-electron chi connectivity index (χ2n) is 6.47. The molecule has 1 atom stereocenters. The number of hydrogen-bond donors (Lipinski definition) is 0. The van der Waals surface area contributed by atoms with Gasteiger partial charge in [-0.3, -0.25) is 4.90 Å². The van der Waals surface area contributed by atoms with Crippen LogP contribution in [0.2, 0.25) is 0 Å². The van der Waals surface area contributed by atoms with Crippen molar-refractivity contribution in [1.29, 1.82) is 0 Å². The normalized spacial score (nSPS) is 16.3. The van der Waals surface area contributed by atoms with E-state index in [9.17, 15) is 4.79 Å². The number of anilines is 1. The van der Waals surface area contributed by atoms with E-state index in [2.05, 4.69) is 34.1 Å². The number of para-hydroxylation sites is 1. The van der Waals surface area contributed by atoms with Gasteiger partial charge in [-0.15, -0.1) is 0 Å². The van der Waals surface area contributed by atoms with Crippen LogP contribution >= 0.6 is 0 Å². The molecule has 1 fully saturated rings. The molecule has 1 aliphatic heterocycles. The Hall–Kier alpha value is -2.37. The number of ether oxygens (including phenoxy) is 2. The lowest BCUT2D eigenvalue weighted by molar-refractivity contribution is -0.00697. The monoisotopic (exact) mass is 354 g/mol.